The van der Waals surface area contributed by atoms with Gasteiger partial charge in [0, 0.05) is 11.8 Å². The van der Waals surface area contributed by atoms with Gasteiger partial charge < -0.3 is 4.74 Å². The molecule has 18 heavy (non-hydrogen) atoms. The van der Waals surface area contributed by atoms with E-state index in [1.54, 1.807) is 36.5 Å². The summed E-state index contributed by atoms with van der Waals surface area (Å²) in [7, 11) is 1.35. The molecule has 0 saturated carbocycles. The highest BCUT2D eigenvalue weighted by Crippen LogP contribution is 2.21. The van der Waals surface area contributed by atoms with Gasteiger partial charge in [-0.3, -0.25) is 4.98 Å². The van der Waals surface area contributed by atoms with Gasteiger partial charge in [0.15, 0.2) is 0 Å². The molecule has 3 heteroatoms. The Labute approximate surface area is 105 Å². The molecule has 0 atom stereocenters. The predicted octanol–water partition coefficient (Wildman–Crippen LogP) is 2.52. The maximum atomic E-state index is 11.3. The van der Waals surface area contributed by atoms with Crippen LogP contribution in [-0.2, 0) is 4.74 Å². The number of benzene rings is 1. The second-order valence-electron chi connectivity index (χ2n) is 3.61. The summed E-state index contributed by atoms with van der Waals surface area (Å²) in [5.74, 6) is 2.23. The first-order valence-corrected chi connectivity index (χ1v) is 5.36. The third-order valence-corrected chi connectivity index (χ3v) is 2.54. The van der Waals surface area contributed by atoms with Crippen LogP contribution in [0.1, 0.15) is 15.9 Å². The second kappa shape index (κ2) is 5.15. The molecule has 0 bridgehead atoms. The van der Waals surface area contributed by atoms with E-state index in [0.29, 0.717) is 5.56 Å². The van der Waals surface area contributed by atoms with Gasteiger partial charge in [0.2, 0.25) is 0 Å². The molecule has 0 unspecified atom stereocenters. The van der Waals surface area contributed by atoms with Crippen molar-refractivity contribution in [3.05, 3.63) is 53.7 Å². The van der Waals surface area contributed by atoms with Gasteiger partial charge in [-0.05, 0) is 24.3 Å². The van der Waals surface area contributed by atoms with E-state index in [1.165, 1.54) is 7.11 Å². The Morgan fingerprint density at radius 3 is 2.61 bits per heavy atom. The highest BCUT2D eigenvalue weighted by Gasteiger charge is 2.07. The lowest BCUT2D eigenvalue weighted by Gasteiger charge is -2.04. The fourth-order valence-electron chi connectivity index (χ4n) is 1.63. The smallest absolute Gasteiger partial charge is 0.337 e. The Morgan fingerprint density at radius 1 is 1.28 bits per heavy atom. The number of pyridine rings is 1. The van der Waals surface area contributed by atoms with E-state index in [4.69, 9.17) is 6.42 Å². The van der Waals surface area contributed by atoms with E-state index in [2.05, 4.69) is 15.6 Å². The minimum Gasteiger partial charge on any atom is -0.465 e. The van der Waals surface area contributed by atoms with Crippen molar-refractivity contribution >= 4 is 5.97 Å². The molecule has 0 N–H and O–H groups in total. The molecule has 2 aromatic rings. The first kappa shape index (κ1) is 11.9. The van der Waals surface area contributed by atoms with Crippen LogP contribution in [0.2, 0.25) is 0 Å². The molecule has 3 nitrogen and oxygen atoms in total. The van der Waals surface area contributed by atoms with Gasteiger partial charge in [0.05, 0.1) is 23.9 Å². The van der Waals surface area contributed by atoms with Gasteiger partial charge in [0.25, 0.3) is 0 Å². The van der Waals surface area contributed by atoms with Crippen LogP contribution in [0.4, 0.5) is 0 Å². The van der Waals surface area contributed by atoms with Crippen LogP contribution in [-0.4, -0.2) is 18.1 Å². The minimum absolute atomic E-state index is 0.361. The van der Waals surface area contributed by atoms with Gasteiger partial charge >= 0.3 is 5.97 Å². The van der Waals surface area contributed by atoms with E-state index in [0.717, 1.165) is 16.8 Å². The minimum atomic E-state index is -0.361. The van der Waals surface area contributed by atoms with Crippen molar-refractivity contribution in [3.63, 3.8) is 0 Å². The summed E-state index contributed by atoms with van der Waals surface area (Å²) in [5, 5.41) is 0. The third-order valence-electron chi connectivity index (χ3n) is 2.54. The van der Waals surface area contributed by atoms with Crippen LogP contribution in [0.3, 0.4) is 0 Å². The van der Waals surface area contributed by atoms with Gasteiger partial charge in [-0.2, -0.15) is 0 Å². The van der Waals surface area contributed by atoms with Crippen LogP contribution in [0.15, 0.2) is 42.6 Å². The molecule has 1 aromatic heterocycles. The van der Waals surface area contributed by atoms with E-state index in [9.17, 15) is 4.79 Å². The number of esters is 1. The fraction of sp³-hybridized carbons (Fsp3) is 0.0667. The number of hydrogen-bond acceptors (Lipinski definition) is 3. The quantitative estimate of drug-likeness (QED) is 0.595. The molecule has 1 heterocycles. The van der Waals surface area contributed by atoms with Crippen LogP contribution in [0, 0.1) is 12.3 Å². The molecular formula is C15H11NO2. The van der Waals surface area contributed by atoms with Crippen molar-refractivity contribution in [2.75, 3.05) is 7.11 Å². The van der Waals surface area contributed by atoms with Crippen LogP contribution in [0.5, 0.6) is 0 Å². The third kappa shape index (κ3) is 2.23. The van der Waals surface area contributed by atoms with Crippen LogP contribution in [0.25, 0.3) is 11.3 Å². The van der Waals surface area contributed by atoms with E-state index in [1.807, 2.05) is 6.07 Å². The number of ether oxygens (including phenoxy) is 1. The second-order valence-corrected chi connectivity index (χ2v) is 3.61. The first-order chi connectivity index (χ1) is 8.76. The van der Waals surface area contributed by atoms with E-state index < -0.39 is 0 Å². The molecule has 0 aliphatic carbocycles. The highest BCUT2D eigenvalue weighted by molar-refractivity contribution is 5.90. The Kier molecular flexibility index (Phi) is 3.40. The number of terminal acetylenes is 1. The SMILES string of the molecule is C#Cc1cccnc1-c1ccc(C(=O)OC)cc1. The lowest BCUT2D eigenvalue weighted by atomic mass is 10.0. The summed E-state index contributed by atoms with van der Waals surface area (Å²) in [4.78, 5) is 15.6. The van der Waals surface area contributed by atoms with Crippen molar-refractivity contribution in [2.24, 2.45) is 0 Å². The predicted molar refractivity (Wildman–Crippen MR) is 68.9 cm³/mol. The molecule has 0 amide bonds. The van der Waals surface area contributed by atoms with Gasteiger partial charge in [-0.25, -0.2) is 4.79 Å². The largest absolute Gasteiger partial charge is 0.465 e. The average molecular weight is 237 g/mol. The molecule has 2 rings (SSSR count). The zero-order valence-electron chi connectivity index (χ0n) is 9.88. The molecule has 0 saturated heterocycles. The zero-order chi connectivity index (χ0) is 13.0. The van der Waals surface area contributed by atoms with Gasteiger partial charge in [0.1, 0.15) is 0 Å². The number of carbonyl (C=O) groups is 1. The van der Waals surface area contributed by atoms with Crippen LogP contribution < -0.4 is 0 Å². The van der Waals surface area contributed by atoms with Crippen molar-refractivity contribution in [3.8, 4) is 23.6 Å². The first-order valence-electron chi connectivity index (χ1n) is 5.36. The molecule has 0 aliphatic heterocycles. The fourth-order valence-corrected chi connectivity index (χ4v) is 1.63. The van der Waals surface area contributed by atoms with Crippen molar-refractivity contribution in [1.82, 2.24) is 4.98 Å². The monoisotopic (exact) mass is 237 g/mol. The Hall–Kier alpha value is -2.60. The molecular weight excluding hydrogens is 226 g/mol. The summed E-state index contributed by atoms with van der Waals surface area (Å²) >= 11 is 0. The number of hydrogen-bond donors (Lipinski definition) is 0. The lowest BCUT2D eigenvalue weighted by Crippen LogP contribution is -2.00. The maximum Gasteiger partial charge on any atom is 0.337 e. The highest BCUT2D eigenvalue weighted by atomic mass is 16.5. The van der Waals surface area contributed by atoms with E-state index in [-0.39, 0.29) is 5.97 Å². The van der Waals surface area contributed by atoms with Gasteiger partial charge in [-0.1, -0.05) is 18.1 Å². The van der Waals surface area contributed by atoms with Crippen LogP contribution >= 0.6 is 0 Å². The molecule has 1 aromatic carbocycles. The van der Waals surface area contributed by atoms with Crippen molar-refractivity contribution in [2.45, 2.75) is 0 Å². The summed E-state index contributed by atoms with van der Waals surface area (Å²) in [5.41, 5.74) is 2.83. The standard InChI is InChI=1S/C15H11NO2/c1-3-11-5-4-10-16-14(11)12-6-8-13(9-7-12)15(17)18-2/h1,4-10H,2H3. The maximum absolute atomic E-state index is 11.3. The number of methoxy groups -OCH3 is 1. The molecule has 0 aliphatic rings. The van der Waals surface area contributed by atoms with Crippen molar-refractivity contribution in [1.29, 1.82) is 0 Å². The topological polar surface area (TPSA) is 39.2 Å². The lowest BCUT2D eigenvalue weighted by molar-refractivity contribution is 0.0601. The zero-order valence-corrected chi connectivity index (χ0v) is 9.88. The number of rotatable bonds is 2. The molecule has 0 spiro atoms. The van der Waals surface area contributed by atoms with Crippen molar-refractivity contribution < 1.29 is 9.53 Å². The molecule has 0 fully saturated rings. The molecule has 0 radical (unpaired) electrons. The Morgan fingerprint density at radius 2 is 2.00 bits per heavy atom. The molecule has 88 valence electrons. The summed E-state index contributed by atoms with van der Waals surface area (Å²) in [6.45, 7) is 0. The number of aromatic nitrogens is 1. The normalized spacial score (nSPS) is 9.56. The summed E-state index contributed by atoms with van der Waals surface area (Å²) < 4.78 is 4.64. The van der Waals surface area contributed by atoms with Gasteiger partial charge in [-0.15, -0.1) is 6.42 Å². The average Bonchev–Trinajstić information content (AvgIpc) is 2.46. The number of nitrogens with zero attached hydrogens (tertiary/aromatic N) is 1. The summed E-state index contributed by atoms with van der Waals surface area (Å²) in [6.07, 6.45) is 7.11. The van der Waals surface area contributed by atoms with E-state index >= 15 is 0 Å². The Bertz CT molecular complexity index is 609. The summed E-state index contributed by atoms with van der Waals surface area (Å²) in [6, 6.07) is 10.6. The Balaban J connectivity index is 2.41. The number of carbonyl (C=O) groups excluding carboxylic acids is 1.